The lowest BCUT2D eigenvalue weighted by molar-refractivity contribution is 0.0598. The molecule has 15 heavy (non-hydrogen) atoms. The number of carbonyl (C=O) groups excluding carboxylic acids is 1. The number of carbonyl (C=O) groups is 1. The van der Waals surface area contributed by atoms with Crippen LogP contribution in [0.5, 0.6) is 0 Å². The summed E-state index contributed by atoms with van der Waals surface area (Å²) in [6.45, 7) is 3.01. The van der Waals surface area contributed by atoms with Crippen LogP contribution in [0, 0.1) is 6.92 Å². The van der Waals surface area contributed by atoms with Crippen LogP contribution < -0.4 is 0 Å². The van der Waals surface area contributed by atoms with E-state index in [4.69, 9.17) is 4.74 Å². The van der Waals surface area contributed by atoms with Crippen molar-refractivity contribution in [1.82, 2.24) is 4.57 Å². The van der Waals surface area contributed by atoms with E-state index in [0.717, 1.165) is 29.8 Å². The molecule has 0 radical (unpaired) electrons. The SMILES string of the molecule is COC(=O)c1c(C)cn2c1CCCCC2. The highest BCUT2D eigenvalue weighted by Gasteiger charge is 2.20. The molecular weight excluding hydrogens is 190 g/mol. The van der Waals surface area contributed by atoms with Gasteiger partial charge in [-0.1, -0.05) is 6.42 Å². The third-order valence-corrected chi connectivity index (χ3v) is 3.08. The highest BCUT2D eigenvalue weighted by atomic mass is 16.5. The van der Waals surface area contributed by atoms with E-state index in [1.165, 1.54) is 26.4 Å². The monoisotopic (exact) mass is 207 g/mol. The Morgan fingerprint density at radius 1 is 1.40 bits per heavy atom. The van der Waals surface area contributed by atoms with Gasteiger partial charge in [0.25, 0.3) is 0 Å². The highest BCUT2D eigenvalue weighted by Crippen LogP contribution is 2.23. The van der Waals surface area contributed by atoms with E-state index in [1.54, 1.807) is 0 Å². The van der Waals surface area contributed by atoms with Crippen molar-refractivity contribution in [3.63, 3.8) is 0 Å². The van der Waals surface area contributed by atoms with Crippen LogP contribution in [-0.2, 0) is 17.7 Å². The Morgan fingerprint density at radius 2 is 2.20 bits per heavy atom. The zero-order chi connectivity index (χ0) is 10.8. The first-order valence-electron chi connectivity index (χ1n) is 5.51. The molecule has 1 aromatic rings. The van der Waals surface area contributed by atoms with Crippen molar-refractivity contribution in [2.45, 2.75) is 39.2 Å². The molecular formula is C12H17NO2. The topological polar surface area (TPSA) is 31.2 Å². The van der Waals surface area contributed by atoms with E-state index in [1.807, 2.05) is 6.92 Å². The summed E-state index contributed by atoms with van der Waals surface area (Å²) in [5, 5.41) is 0. The molecule has 3 nitrogen and oxygen atoms in total. The number of aryl methyl sites for hydroxylation is 2. The van der Waals surface area contributed by atoms with Gasteiger partial charge >= 0.3 is 5.97 Å². The van der Waals surface area contributed by atoms with Gasteiger partial charge in [0.1, 0.15) is 0 Å². The molecule has 82 valence electrons. The molecule has 0 atom stereocenters. The average molecular weight is 207 g/mol. The maximum atomic E-state index is 11.6. The fourth-order valence-electron chi connectivity index (χ4n) is 2.35. The molecule has 0 N–H and O–H groups in total. The Bertz CT molecular complexity index is 379. The van der Waals surface area contributed by atoms with Gasteiger partial charge < -0.3 is 9.30 Å². The summed E-state index contributed by atoms with van der Waals surface area (Å²) in [6.07, 6.45) is 6.71. The molecule has 0 saturated carbocycles. The molecule has 0 aromatic carbocycles. The van der Waals surface area contributed by atoms with Crippen molar-refractivity contribution in [1.29, 1.82) is 0 Å². The predicted molar refractivity (Wildman–Crippen MR) is 58.1 cm³/mol. The number of aromatic nitrogens is 1. The van der Waals surface area contributed by atoms with Gasteiger partial charge in [0.2, 0.25) is 0 Å². The maximum absolute atomic E-state index is 11.6. The van der Waals surface area contributed by atoms with Crippen LogP contribution >= 0.6 is 0 Å². The van der Waals surface area contributed by atoms with Crippen molar-refractivity contribution in [3.05, 3.63) is 23.0 Å². The summed E-state index contributed by atoms with van der Waals surface area (Å²) < 4.78 is 7.05. The molecule has 0 amide bonds. The number of esters is 1. The van der Waals surface area contributed by atoms with Crippen LogP contribution in [0.2, 0.25) is 0 Å². The van der Waals surface area contributed by atoms with Crippen molar-refractivity contribution in [2.24, 2.45) is 0 Å². The van der Waals surface area contributed by atoms with Crippen LogP contribution in [0.3, 0.4) is 0 Å². The quantitative estimate of drug-likeness (QED) is 0.662. The van der Waals surface area contributed by atoms with E-state index in [2.05, 4.69) is 10.8 Å². The van der Waals surface area contributed by atoms with E-state index < -0.39 is 0 Å². The van der Waals surface area contributed by atoms with Gasteiger partial charge in [-0.2, -0.15) is 0 Å². The lowest BCUT2D eigenvalue weighted by Gasteiger charge is -2.05. The molecule has 1 aromatic heterocycles. The minimum absolute atomic E-state index is 0.192. The first-order chi connectivity index (χ1) is 7.24. The third kappa shape index (κ3) is 1.78. The molecule has 2 heterocycles. The van der Waals surface area contributed by atoms with Crippen LogP contribution in [0.25, 0.3) is 0 Å². The van der Waals surface area contributed by atoms with E-state index in [0.29, 0.717) is 0 Å². The van der Waals surface area contributed by atoms with E-state index in [-0.39, 0.29) is 5.97 Å². The summed E-state index contributed by atoms with van der Waals surface area (Å²) >= 11 is 0. The zero-order valence-electron chi connectivity index (χ0n) is 9.38. The Balaban J connectivity index is 2.44. The normalized spacial score (nSPS) is 15.6. The highest BCUT2D eigenvalue weighted by molar-refractivity contribution is 5.92. The summed E-state index contributed by atoms with van der Waals surface area (Å²) in [5.74, 6) is -0.192. The lowest BCUT2D eigenvalue weighted by atomic mass is 10.1. The molecule has 1 aliphatic rings. The molecule has 0 bridgehead atoms. The van der Waals surface area contributed by atoms with Gasteiger partial charge in [-0.3, -0.25) is 0 Å². The first-order valence-corrected chi connectivity index (χ1v) is 5.51. The first kappa shape index (κ1) is 10.3. The zero-order valence-corrected chi connectivity index (χ0v) is 9.38. The number of hydrogen-bond acceptors (Lipinski definition) is 2. The third-order valence-electron chi connectivity index (χ3n) is 3.08. The molecule has 2 rings (SSSR count). The smallest absolute Gasteiger partial charge is 0.339 e. The Hall–Kier alpha value is -1.25. The molecule has 0 saturated heterocycles. The van der Waals surface area contributed by atoms with Crippen LogP contribution in [0.15, 0.2) is 6.20 Å². The van der Waals surface area contributed by atoms with Gasteiger partial charge in [0, 0.05) is 18.4 Å². The molecule has 1 aliphatic heterocycles. The van der Waals surface area contributed by atoms with Gasteiger partial charge in [-0.15, -0.1) is 0 Å². The van der Waals surface area contributed by atoms with Crippen molar-refractivity contribution >= 4 is 5.97 Å². The van der Waals surface area contributed by atoms with Crippen LogP contribution in [-0.4, -0.2) is 17.6 Å². The predicted octanol–water partition coefficient (Wildman–Crippen LogP) is 2.31. The standard InChI is InChI=1S/C12H17NO2/c1-9-8-13-7-5-3-4-6-10(13)11(9)12(14)15-2/h8H,3-7H2,1-2H3. The second-order valence-electron chi connectivity index (χ2n) is 4.13. The number of hydrogen-bond donors (Lipinski definition) is 0. The maximum Gasteiger partial charge on any atom is 0.339 e. The molecule has 0 unspecified atom stereocenters. The fourth-order valence-corrected chi connectivity index (χ4v) is 2.35. The summed E-state index contributed by atoms with van der Waals surface area (Å²) in [5.41, 5.74) is 3.00. The lowest BCUT2D eigenvalue weighted by Crippen LogP contribution is -2.07. The number of rotatable bonds is 1. The Labute approximate surface area is 90.0 Å². The number of ether oxygens (including phenoxy) is 1. The summed E-state index contributed by atoms with van der Waals surface area (Å²) in [4.78, 5) is 11.6. The number of methoxy groups -OCH3 is 1. The van der Waals surface area contributed by atoms with Gasteiger partial charge in [0.05, 0.1) is 12.7 Å². The molecule has 0 fully saturated rings. The molecule has 0 aliphatic carbocycles. The Kier molecular flexibility index (Phi) is 2.80. The van der Waals surface area contributed by atoms with Crippen LogP contribution in [0.4, 0.5) is 0 Å². The number of fused-ring (bicyclic) bond motifs is 1. The summed E-state index contributed by atoms with van der Waals surface area (Å²) in [6, 6.07) is 0. The van der Waals surface area contributed by atoms with Crippen molar-refractivity contribution < 1.29 is 9.53 Å². The van der Waals surface area contributed by atoms with Gasteiger partial charge in [-0.05, 0) is 31.7 Å². The minimum Gasteiger partial charge on any atom is -0.465 e. The second kappa shape index (κ2) is 4.09. The van der Waals surface area contributed by atoms with Crippen molar-refractivity contribution in [2.75, 3.05) is 7.11 Å². The van der Waals surface area contributed by atoms with E-state index in [9.17, 15) is 4.79 Å². The van der Waals surface area contributed by atoms with Crippen molar-refractivity contribution in [3.8, 4) is 0 Å². The largest absolute Gasteiger partial charge is 0.465 e. The number of nitrogens with zero attached hydrogens (tertiary/aromatic N) is 1. The van der Waals surface area contributed by atoms with Gasteiger partial charge in [-0.25, -0.2) is 4.79 Å². The average Bonchev–Trinajstić information content (AvgIpc) is 2.40. The second-order valence-corrected chi connectivity index (χ2v) is 4.13. The minimum atomic E-state index is -0.192. The molecule has 3 heteroatoms. The van der Waals surface area contributed by atoms with E-state index >= 15 is 0 Å². The Morgan fingerprint density at radius 3 is 2.93 bits per heavy atom. The molecule has 0 spiro atoms. The van der Waals surface area contributed by atoms with Crippen LogP contribution in [0.1, 0.15) is 40.9 Å². The summed E-state index contributed by atoms with van der Waals surface area (Å²) in [7, 11) is 1.45. The fraction of sp³-hybridized carbons (Fsp3) is 0.583. The van der Waals surface area contributed by atoms with Gasteiger partial charge in [0.15, 0.2) is 0 Å².